The number of hydrogen-bond donors (Lipinski definition) is 0. The van der Waals surface area contributed by atoms with Crippen LogP contribution in [-0.4, -0.2) is 15.0 Å². The molecule has 0 amide bonds. The van der Waals surface area contributed by atoms with E-state index in [4.69, 9.17) is 11.6 Å². The van der Waals surface area contributed by atoms with Crippen LogP contribution >= 0.6 is 11.6 Å². The summed E-state index contributed by atoms with van der Waals surface area (Å²) in [6, 6.07) is 3.94. The van der Waals surface area contributed by atoms with E-state index in [1.807, 2.05) is 26.1 Å². The summed E-state index contributed by atoms with van der Waals surface area (Å²) in [5, 5.41) is 1.66. The third-order valence-electron chi connectivity index (χ3n) is 3.10. The van der Waals surface area contributed by atoms with Gasteiger partial charge in [0.15, 0.2) is 0 Å². The molecule has 3 heterocycles. The van der Waals surface area contributed by atoms with Gasteiger partial charge in [-0.2, -0.15) is 0 Å². The van der Waals surface area contributed by atoms with Crippen LogP contribution in [0.4, 0.5) is 0 Å². The fourth-order valence-corrected chi connectivity index (χ4v) is 2.39. The Kier molecular flexibility index (Phi) is 2.91. The van der Waals surface area contributed by atoms with E-state index in [9.17, 15) is 0 Å². The van der Waals surface area contributed by atoms with E-state index in [1.54, 1.807) is 18.6 Å². The van der Waals surface area contributed by atoms with Crippen molar-refractivity contribution in [3.63, 3.8) is 0 Å². The zero-order chi connectivity index (χ0) is 13.4. The van der Waals surface area contributed by atoms with E-state index >= 15 is 0 Å². The van der Waals surface area contributed by atoms with Gasteiger partial charge in [-0.25, -0.2) is 4.98 Å². The normalized spacial score (nSPS) is 10.9. The molecule has 0 saturated heterocycles. The lowest BCUT2D eigenvalue weighted by molar-refractivity contribution is 1.23. The highest BCUT2D eigenvalue weighted by molar-refractivity contribution is 6.36. The second-order valence-electron chi connectivity index (χ2n) is 4.54. The molecule has 4 heteroatoms. The van der Waals surface area contributed by atoms with Crippen LogP contribution in [0.3, 0.4) is 0 Å². The summed E-state index contributed by atoms with van der Waals surface area (Å²) in [5.41, 5.74) is 4.70. The predicted molar refractivity (Wildman–Crippen MR) is 77.3 cm³/mol. The molecule has 0 aliphatic heterocycles. The molecule has 94 valence electrons. The molecule has 3 rings (SSSR count). The Balaban J connectivity index is 2.33. The Morgan fingerprint density at radius 1 is 1.05 bits per heavy atom. The number of aryl methyl sites for hydroxylation is 1. The van der Waals surface area contributed by atoms with Gasteiger partial charge in [0.25, 0.3) is 0 Å². The minimum absolute atomic E-state index is 0.726. The maximum atomic E-state index is 6.43. The zero-order valence-corrected chi connectivity index (χ0v) is 11.4. The molecule has 19 heavy (non-hydrogen) atoms. The molecule has 0 aliphatic rings. The lowest BCUT2D eigenvalue weighted by atomic mass is 10.1. The lowest BCUT2D eigenvalue weighted by Gasteiger charge is -2.10. The third kappa shape index (κ3) is 2.06. The van der Waals surface area contributed by atoms with E-state index in [2.05, 4.69) is 21.0 Å². The van der Waals surface area contributed by atoms with Gasteiger partial charge in [-0.15, -0.1) is 0 Å². The summed E-state index contributed by atoms with van der Waals surface area (Å²) in [5.74, 6) is 0. The summed E-state index contributed by atoms with van der Waals surface area (Å²) in [4.78, 5) is 13.0. The largest absolute Gasteiger partial charge is 0.264 e. The van der Waals surface area contributed by atoms with E-state index in [-0.39, 0.29) is 0 Å². The molecule has 0 spiro atoms. The maximum absolute atomic E-state index is 6.43. The molecule has 0 atom stereocenters. The van der Waals surface area contributed by atoms with Gasteiger partial charge < -0.3 is 0 Å². The van der Waals surface area contributed by atoms with Gasteiger partial charge in [-0.05, 0) is 37.1 Å². The fourth-order valence-electron chi connectivity index (χ4n) is 2.14. The Morgan fingerprint density at radius 3 is 2.68 bits per heavy atom. The fraction of sp³-hybridized carbons (Fsp3) is 0.133. The second kappa shape index (κ2) is 4.59. The second-order valence-corrected chi connectivity index (χ2v) is 4.92. The molecular formula is C15H12ClN3. The van der Waals surface area contributed by atoms with Crippen LogP contribution in [0.15, 0.2) is 36.9 Å². The number of hydrogen-bond acceptors (Lipinski definition) is 3. The molecule has 3 aromatic heterocycles. The van der Waals surface area contributed by atoms with Gasteiger partial charge in [0.2, 0.25) is 0 Å². The van der Waals surface area contributed by atoms with Crippen molar-refractivity contribution >= 4 is 22.5 Å². The predicted octanol–water partition coefficient (Wildman–Crippen LogP) is 3.96. The number of aromatic nitrogens is 3. The van der Waals surface area contributed by atoms with Crippen LogP contribution in [-0.2, 0) is 0 Å². The first-order chi connectivity index (χ1) is 9.16. The quantitative estimate of drug-likeness (QED) is 0.671. The summed E-state index contributed by atoms with van der Waals surface area (Å²) in [6.45, 7) is 3.99. The number of nitrogens with zero attached hydrogens (tertiary/aromatic N) is 3. The van der Waals surface area contributed by atoms with E-state index in [1.165, 1.54) is 0 Å². The van der Waals surface area contributed by atoms with E-state index in [0.717, 1.165) is 38.3 Å². The Morgan fingerprint density at radius 2 is 1.89 bits per heavy atom. The highest BCUT2D eigenvalue weighted by Gasteiger charge is 2.12. The summed E-state index contributed by atoms with van der Waals surface area (Å²) >= 11 is 6.43. The molecular weight excluding hydrogens is 258 g/mol. The highest BCUT2D eigenvalue weighted by atomic mass is 35.5. The third-order valence-corrected chi connectivity index (χ3v) is 3.59. The first-order valence-corrected chi connectivity index (χ1v) is 6.36. The summed E-state index contributed by atoms with van der Waals surface area (Å²) < 4.78 is 0. The lowest BCUT2D eigenvalue weighted by Crippen LogP contribution is -1.93. The minimum Gasteiger partial charge on any atom is -0.264 e. The van der Waals surface area contributed by atoms with Gasteiger partial charge in [-0.3, -0.25) is 9.97 Å². The molecule has 0 N–H and O–H groups in total. The van der Waals surface area contributed by atoms with Crippen molar-refractivity contribution in [2.75, 3.05) is 0 Å². The van der Waals surface area contributed by atoms with Gasteiger partial charge in [0.1, 0.15) is 0 Å². The van der Waals surface area contributed by atoms with Crippen LogP contribution in [0.5, 0.6) is 0 Å². The standard InChI is InChI=1S/C15H12ClN3/c1-9-5-11(7-18-6-9)15-10(2)14(16)12-3-4-17-8-13(12)19-15/h3-8H,1-2H3. The molecule has 0 aromatic carbocycles. The van der Waals surface area contributed by atoms with Crippen LogP contribution in [0.25, 0.3) is 22.2 Å². The van der Waals surface area contributed by atoms with Crippen molar-refractivity contribution in [3.05, 3.63) is 53.1 Å². The SMILES string of the molecule is Cc1cncc(-c2nc3cnccc3c(Cl)c2C)c1. The smallest absolute Gasteiger partial charge is 0.0907 e. The zero-order valence-electron chi connectivity index (χ0n) is 10.7. The van der Waals surface area contributed by atoms with Crippen molar-refractivity contribution in [1.29, 1.82) is 0 Å². The molecule has 0 aliphatic carbocycles. The molecule has 0 bridgehead atoms. The average Bonchev–Trinajstić information content (AvgIpc) is 2.43. The monoisotopic (exact) mass is 269 g/mol. The summed E-state index contributed by atoms with van der Waals surface area (Å²) in [7, 11) is 0. The molecule has 0 radical (unpaired) electrons. The average molecular weight is 270 g/mol. The maximum Gasteiger partial charge on any atom is 0.0907 e. The Bertz CT molecular complexity index is 768. The van der Waals surface area contributed by atoms with Crippen molar-refractivity contribution in [1.82, 2.24) is 15.0 Å². The Labute approximate surface area is 116 Å². The highest BCUT2D eigenvalue weighted by Crippen LogP contribution is 2.32. The van der Waals surface area contributed by atoms with Crippen LogP contribution in [0.2, 0.25) is 5.02 Å². The molecule has 0 fully saturated rings. The van der Waals surface area contributed by atoms with Crippen molar-refractivity contribution in [2.24, 2.45) is 0 Å². The molecule has 3 aromatic rings. The van der Waals surface area contributed by atoms with Gasteiger partial charge in [0.05, 0.1) is 22.4 Å². The summed E-state index contributed by atoms with van der Waals surface area (Å²) in [6.07, 6.45) is 7.08. The number of fused-ring (bicyclic) bond motifs is 1. The minimum atomic E-state index is 0.726. The van der Waals surface area contributed by atoms with E-state index in [0.29, 0.717) is 0 Å². The number of halogens is 1. The van der Waals surface area contributed by atoms with Crippen molar-refractivity contribution in [2.45, 2.75) is 13.8 Å². The van der Waals surface area contributed by atoms with Crippen LogP contribution < -0.4 is 0 Å². The van der Waals surface area contributed by atoms with Gasteiger partial charge in [0, 0.05) is 29.5 Å². The number of rotatable bonds is 1. The first kappa shape index (κ1) is 12.1. The topological polar surface area (TPSA) is 38.7 Å². The molecule has 0 unspecified atom stereocenters. The van der Waals surface area contributed by atoms with Crippen molar-refractivity contribution < 1.29 is 0 Å². The van der Waals surface area contributed by atoms with Gasteiger partial charge in [-0.1, -0.05) is 11.6 Å². The molecule has 3 nitrogen and oxygen atoms in total. The van der Waals surface area contributed by atoms with E-state index < -0.39 is 0 Å². The van der Waals surface area contributed by atoms with Gasteiger partial charge >= 0.3 is 0 Å². The first-order valence-electron chi connectivity index (χ1n) is 5.98. The van der Waals surface area contributed by atoms with Crippen LogP contribution in [0, 0.1) is 13.8 Å². The Hall–Kier alpha value is -2.00. The molecule has 0 saturated carbocycles. The van der Waals surface area contributed by atoms with Crippen LogP contribution in [0.1, 0.15) is 11.1 Å². The van der Waals surface area contributed by atoms with Crippen molar-refractivity contribution in [3.8, 4) is 11.3 Å². The number of pyridine rings is 3.